The Kier molecular flexibility index (Phi) is 5.08. The summed E-state index contributed by atoms with van der Waals surface area (Å²) in [5.74, 6) is -0.496. The summed E-state index contributed by atoms with van der Waals surface area (Å²) in [7, 11) is 1.27. The molecule has 0 unspecified atom stereocenters. The summed E-state index contributed by atoms with van der Waals surface area (Å²) in [6, 6.07) is 5.69. The van der Waals surface area contributed by atoms with E-state index in [1.807, 2.05) is 0 Å². The fourth-order valence-electron chi connectivity index (χ4n) is 1.16. The molecule has 0 spiro atoms. The van der Waals surface area contributed by atoms with Crippen molar-refractivity contribution in [3.05, 3.63) is 29.8 Å². The molecule has 0 aliphatic heterocycles. The van der Waals surface area contributed by atoms with Crippen molar-refractivity contribution in [1.29, 1.82) is 0 Å². The standard InChI is InChI=1S/C11H11N3O4/c1-18-10(16)8-3-2-4-9(5-8)14-11(17)13-6-12-7-15/h2-5H,6H2,1H3,(H2,13,14,17). The molecule has 0 aromatic heterocycles. The van der Waals surface area contributed by atoms with Crippen LogP contribution in [0.5, 0.6) is 0 Å². The number of ether oxygens (including phenoxy) is 1. The third-order valence-electron chi connectivity index (χ3n) is 1.92. The quantitative estimate of drug-likeness (QED) is 0.470. The first-order valence-corrected chi connectivity index (χ1v) is 4.94. The van der Waals surface area contributed by atoms with Gasteiger partial charge in [0.2, 0.25) is 6.08 Å². The van der Waals surface area contributed by atoms with Crippen LogP contribution < -0.4 is 10.6 Å². The topological polar surface area (TPSA) is 96.9 Å². The van der Waals surface area contributed by atoms with Crippen LogP contribution in [0, 0.1) is 0 Å². The molecule has 0 aliphatic carbocycles. The Hall–Kier alpha value is -2.66. The molecule has 1 aromatic carbocycles. The summed E-state index contributed by atoms with van der Waals surface area (Å²) in [5.41, 5.74) is 0.742. The molecule has 1 aromatic rings. The van der Waals surface area contributed by atoms with E-state index in [1.165, 1.54) is 19.3 Å². The molecule has 0 atom stereocenters. The molecule has 0 bridgehead atoms. The van der Waals surface area contributed by atoms with E-state index in [4.69, 9.17) is 0 Å². The van der Waals surface area contributed by atoms with Gasteiger partial charge in [0.25, 0.3) is 0 Å². The van der Waals surface area contributed by atoms with Crippen molar-refractivity contribution in [2.75, 3.05) is 19.1 Å². The zero-order chi connectivity index (χ0) is 13.4. The van der Waals surface area contributed by atoms with Gasteiger partial charge in [-0.2, -0.15) is 4.99 Å². The van der Waals surface area contributed by atoms with Crippen molar-refractivity contribution in [3.63, 3.8) is 0 Å². The molecule has 0 fully saturated rings. The Morgan fingerprint density at radius 1 is 1.44 bits per heavy atom. The van der Waals surface area contributed by atoms with E-state index in [-0.39, 0.29) is 6.67 Å². The third-order valence-corrected chi connectivity index (χ3v) is 1.92. The molecule has 7 nitrogen and oxygen atoms in total. The van der Waals surface area contributed by atoms with Crippen LogP contribution in [0.1, 0.15) is 10.4 Å². The van der Waals surface area contributed by atoms with Gasteiger partial charge < -0.3 is 15.4 Å². The van der Waals surface area contributed by atoms with Crippen LogP contribution in [0.3, 0.4) is 0 Å². The predicted octanol–water partition coefficient (Wildman–Crippen LogP) is 0.888. The van der Waals surface area contributed by atoms with Crippen molar-refractivity contribution in [3.8, 4) is 0 Å². The lowest BCUT2D eigenvalue weighted by Gasteiger charge is -2.06. The number of urea groups is 1. The highest BCUT2D eigenvalue weighted by Gasteiger charge is 2.07. The number of carbonyl (C=O) groups is 2. The molecule has 18 heavy (non-hydrogen) atoms. The molecule has 7 heteroatoms. The van der Waals surface area contributed by atoms with Crippen molar-refractivity contribution in [1.82, 2.24) is 5.32 Å². The molecule has 0 saturated heterocycles. The third kappa shape index (κ3) is 4.07. The number of esters is 1. The number of aliphatic imine (C=N–C) groups is 1. The van der Waals surface area contributed by atoms with Gasteiger partial charge in [-0.15, -0.1) is 0 Å². The van der Waals surface area contributed by atoms with Crippen molar-refractivity contribution in [2.24, 2.45) is 4.99 Å². The van der Waals surface area contributed by atoms with Crippen molar-refractivity contribution in [2.45, 2.75) is 0 Å². The number of hydrogen-bond donors (Lipinski definition) is 2. The first-order valence-electron chi connectivity index (χ1n) is 4.94. The first-order chi connectivity index (χ1) is 8.67. The Morgan fingerprint density at radius 3 is 2.89 bits per heavy atom. The Balaban J connectivity index is 2.64. The van der Waals surface area contributed by atoms with Gasteiger partial charge in [-0.1, -0.05) is 6.07 Å². The number of methoxy groups -OCH3 is 1. The Labute approximate surface area is 103 Å². The van der Waals surface area contributed by atoms with Crippen LogP contribution in [0.4, 0.5) is 10.5 Å². The molecule has 2 amide bonds. The van der Waals surface area contributed by atoms with Gasteiger partial charge >= 0.3 is 12.0 Å². The van der Waals surface area contributed by atoms with Crippen LogP contribution in [0.2, 0.25) is 0 Å². The lowest BCUT2D eigenvalue weighted by molar-refractivity contribution is 0.0600. The highest BCUT2D eigenvalue weighted by Crippen LogP contribution is 2.11. The summed E-state index contributed by atoms with van der Waals surface area (Å²) >= 11 is 0. The minimum atomic E-state index is -0.545. The SMILES string of the molecule is COC(=O)c1cccc(NC(=O)NCN=C=O)c1. The maximum absolute atomic E-state index is 11.3. The molecule has 0 aliphatic rings. The number of hydrogen-bond acceptors (Lipinski definition) is 5. The first kappa shape index (κ1) is 13.4. The van der Waals surface area contributed by atoms with Gasteiger partial charge in [-0.05, 0) is 18.2 Å². The van der Waals surface area contributed by atoms with E-state index in [1.54, 1.807) is 18.2 Å². The second-order valence-electron chi connectivity index (χ2n) is 3.11. The van der Waals surface area contributed by atoms with E-state index in [0.717, 1.165) is 0 Å². The van der Waals surface area contributed by atoms with Gasteiger partial charge in [-0.3, -0.25) is 0 Å². The maximum Gasteiger partial charge on any atom is 0.337 e. The van der Waals surface area contributed by atoms with Gasteiger partial charge in [0.05, 0.1) is 12.7 Å². The summed E-state index contributed by atoms with van der Waals surface area (Å²) in [5, 5.41) is 4.77. The fourth-order valence-corrected chi connectivity index (χ4v) is 1.16. The summed E-state index contributed by atoms with van der Waals surface area (Å²) in [6.45, 7) is -0.161. The molecule has 2 N–H and O–H groups in total. The van der Waals surface area contributed by atoms with Crippen molar-refractivity contribution >= 4 is 23.8 Å². The predicted molar refractivity (Wildman–Crippen MR) is 62.9 cm³/mol. The van der Waals surface area contributed by atoms with Crippen LogP contribution in [-0.2, 0) is 9.53 Å². The highest BCUT2D eigenvalue weighted by molar-refractivity contribution is 5.93. The second kappa shape index (κ2) is 6.82. The number of anilines is 1. The van der Waals surface area contributed by atoms with E-state index in [2.05, 4.69) is 20.4 Å². The number of amides is 2. The lowest BCUT2D eigenvalue weighted by Crippen LogP contribution is -2.28. The maximum atomic E-state index is 11.3. The number of nitrogens with one attached hydrogen (secondary N) is 2. The minimum Gasteiger partial charge on any atom is -0.465 e. The molecular formula is C11H11N3O4. The highest BCUT2D eigenvalue weighted by atomic mass is 16.5. The van der Waals surface area contributed by atoms with Gasteiger partial charge in [0.15, 0.2) is 0 Å². The lowest BCUT2D eigenvalue weighted by atomic mass is 10.2. The number of carbonyl (C=O) groups excluding carboxylic acids is 3. The van der Waals surface area contributed by atoms with E-state index in [0.29, 0.717) is 11.3 Å². The molecule has 0 saturated carbocycles. The minimum absolute atomic E-state index is 0.161. The normalized spacial score (nSPS) is 8.94. The zero-order valence-corrected chi connectivity index (χ0v) is 9.60. The summed E-state index contributed by atoms with van der Waals surface area (Å²) in [4.78, 5) is 35.5. The van der Waals surface area contributed by atoms with Gasteiger partial charge in [0, 0.05) is 5.69 Å². The van der Waals surface area contributed by atoms with Gasteiger partial charge in [0.1, 0.15) is 6.67 Å². The van der Waals surface area contributed by atoms with Gasteiger partial charge in [-0.25, -0.2) is 14.4 Å². The second-order valence-corrected chi connectivity index (χ2v) is 3.11. The van der Waals surface area contributed by atoms with E-state index < -0.39 is 12.0 Å². The molecular weight excluding hydrogens is 238 g/mol. The zero-order valence-electron chi connectivity index (χ0n) is 9.60. The number of nitrogens with zero attached hydrogens (tertiary/aromatic N) is 1. The Morgan fingerprint density at radius 2 is 2.22 bits per heavy atom. The molecule has 94 valence electrons. The van der Waals surface area contributed by atoms with Crippen LogP contribution in [0.15, 0.2) is 29.3 Å². The average molecular weight is 249 g/mol. The largest absolute Gasteiger partial charge is 0.465 e. The molecule has 1 rings (SSSR count). The summed E-state index contributed by atoms with van der Waals surface area (Å²) in [6.07, 6.45) is 1.29. The average Bonchev–Trinajstić information content (AvgIpc) is 2.38. The van der Waals surface area contributed by atoms with E-state index >= 15 is 0 Å². The van der Waals surface area contributed by atoms with Crippen LogP contribution in [-0.4, -0.2) is 31.9 Å². The van der Waals surface area contributed by atoms with Crippen LogP contribution >= 0.6 is 0 Å². The van der Waals surface area contributed by atoms with E-state index in [9.17, 15) is 14.4 Å². The summed E-state index contributed by atoms with van der Waals surface area (Å²) < 4.78 is 4.55. The number of benzene rings is 1. The monoisotopic (exact) mass is 249 g/mol. The number of rotatable bonds is 4. The Bertz CT molecular complexity index is 495. The molecule has 0 heterocycles. The van der Waals surface area contributed by atoms with Crippen molar-refractivity contribution < 1.29 is 19.1 Å². The molecule has 0 radical (unpaired) electrons. The number of isocyanates is 1. The fraction of sp³-hybridized carbons (Fsp3) is 0.182. The van der Waals surface area contributed by atoms with Crippen LogP contribution in [0.25, 0.3) is 0 Å². The smallest absolute Gasteiger partial charge is 0.337 e.